The molecule has 1 aromatic rings. The van der Waals surface area contributed by atoms with E-state index in [1.165, 1.54) is 13.2 Å². The number of ether oxygens (including phenoxy) is 1. The first kappa shape index (κ1) is 25.2. The highest BCUT2D eigenvalue weighted by molar-refractivity contribution is 14.1. The molecule has 13 heteroatoms. The number of carbonyl (C=O) groups is 4. The summed E-state index contributed by atoms with van der Waals surface area (Å²) < 4.78 is 5.72. The number of imide groups is 2. The van der Waals surface area contributed by atoms with Gasteiger partial charge in [-0.3, -0.25) is 29.3 Å². The maximum Gasteiger partial charge on any atom is 0.257 e. The number of benzene rings is 1. The third-order valence-corrected chi connectivity index (χ3v) is 10.3. The summed E-state index contributed by atoms with van der Waals surface area (Å²) in [6.07, 6.45) is 1.73. The second-order valence-electron chi connectivity index (χ2n) is 9.03. The average molecular weight is 700 g/mol. The number of methoxy groups -OCH3 is 1. The van der Waals surface area contributed by atoms with Crippen molar-refractivity contribution in [3.8, 4) is 11.5 Å². The predicted molar refractivity (Wildman–Crippen MR) is 134 cm³/mol. The van der Waals surface area contributed by atoms with Crippen molar-refractivity contribution in [2.45, 2.75) is 28.5 Å². The molecule has 0 spiro atoms. The number of aromatic hydroxyl groups is 1. The quantitative estimate of drug-likeness (QED) is 0.124. The summed E-state index contributed by atoms with van der Waals surface area (Å²) in [5.74, 6) is -6.34. The minimum Gasteiger partial charge on any atom is -0.504 e. The van der Waals surface area contributed by atoms with Crippen LogP contribution in [0.1, 0.15) is 24.3 Å². The van der Waals surface area contributed by atoms with Gasteiger partial charge in [0.25, 0.3) is 23.6 Å². The Morgan fingerprint density at radius 2 is 1.86 bits per heavy atom. The van der Waals surface area contributed by atoms with Gasteiger partial charge < -0.3 is 9.84 Å². The van der Waals surface area contributed by atoms with E-state index < -0.39 is 57.0 Å². The van der Waals surface area contributed by atoms with Gasteiger partial charge in [-0.15, -0.1) is 23.2 Å². The van der Waals surface area contributed by atoms with Crippen molar-refractivity contribution in [3.05, 3.63) is 32.9 Å². The van der Waals surface area contributed by atoms with Crippen LogP contribution in [0.4, 0.5) is 0 Å². The molecule has 5 rings (SSSR count). The van der Waals surface area contributed by atoms with Gasteiger partial charge in [-0.2, -0.15) is 5.06 Å². The van der Waals surface area contributed by atoms with E-state index in [1.54, 1.807) is 12.1 Å². The average Bonchev–Trinajstić information content (AvgIpc) is 3.13. The number of hydroxylamine groups is 2. The van der Waals surface area contributed by atoms with Gasteiger partial charge >= 0.3 is 0 Å². The number of allylic oxidation sites excluding steroid dienone is 2. The number of alkyl halides is 3. The van der Waals surface area contributed by atoms with Crippen molar-refractivity contribution in [2.75, 3.05) is 12.6 Å². The van der Waals surface area contributed by atoms with E-state index >= 15 is 0 Å². The number of hydrogen-bond acceptors (Lipinski definition) is 7. The fourth-order valence-corrected chi connectivity index (χ4v) is 8.08. The summed E-state index contributed by atoms with van der Waals surface area (Å²) in [7, 11) is 1.38. The number of hydrogen-bond donors (Lipinski definition) is 2. The van der Waals surface area contributed by atoms with Gasteiger partial charge in [-0.1, -0.05) is 27.6 Å². The topological polar surface area (TPSA) is 124 Å². The van der Waals surface area contributed by atoms with Crippen LogP contribution >= 0.6 is 61.7 Å². The summed E-state index contributed by atoms with van der Waals surface area (Å²) in [4.78, 5) is 49.6. The predicted octanol–water partition coefficient (Wildman–Crippen LogP) is 3.11. The number of amides is 4. The van der Waals surface area contributed by atoms with Crippen molar-refractivity contribution >= 4 is 85.4 Å². The lowest BCUT2D eigenvalue weighted by Crippen LogP contribution is -2.60. The minimum atomic E-state index is -1.95. The van der Waals surface area contributed by atoms with Crippen LogP contribution in [0.25, 0.3) is 0 Å². The fraction of sp³-hybridized carbons (Fsp3) is 0.455. The van der Waals surface area contributed by atoms with Crippen LogP contribution in [0, 0.1) is 21.3 Å². The van der Waals surface area contributed by atoms with E-state index in [9.17, 15) is 29.5 Å². The van der Waals surface area contributed by atoms with Crippen LogP contribution in [-0.2, 0) is 19.2 Å². The lowest BCUT2D eigenvalue weighted by atomic mass is 9.56. The fourth-order valence-electron chi connectivity index (χ4n) is 6.03. The third-order valence-electron chi connectivity index (χ3n) is 7.60. The van der Waals surface area contributed by atoms with Crippen molar-refractivity contribution in [1.29, 1.82) is 0 Å². The number of likely N-dealkylation sites (tertiary alicyclic amines) is 1. The van der Waals surface area contributed by atoms with Gasteiger partial charge in [0, 0.05) is 5.92 Å². The Bertz CT molecular complexity index is 1240. The first-order valence-corrected chi connectivity index (χ1v) is 13.5. The molecule has 2 aliphatic carbocycles. The number of phenols is 1. The standard InChI is InChI=1S/C22H18BrCl2IN2O7/c1-35-13-5-8(4-12(26)16(13)29)15-9-2-3-10-14(18(31)28(34)17(10)30)11(9)6-21(24)19(32)27(7-23)20(33)22(15,21)25/h2,4-5,10-11,14-15,29,34H,3,6-7H2,1H3. The summed E-state index contributed by atoms with van der Waals surface area (Å²) in [6, 6.07) is 3.14. The maximum absolute atomic E-state index is 13.6. The molecular formula is C22H18BrCl2IN2O7. The van der Waals surface area contributed by atoms with E-state index in [1.807, 2.05) is 22.6 Å². The number of phenolic OH excluding ortho intramolecular Hbond substituents is 1. The molecule has 1 aromatic carbocycles. The Hall–Kier alpha value is -1.41. The summed E-state index contributed by atoms with van der Waals surface area (Å²) in [5, 5.41) is 20.6. The Morgan fingerprint density at radius 3 is 2.49 bits per heavy atom. The van der Waals surface area contributed by atoms with E-state index in [4.69, 9.17) is 27.9 Å². The lowest BCUT2D eigenvalue weighted by molar-refractivity contribution is -0.173. The minimum absolute atomic E-state index is 0.106. The third kappa shape index (κ3) is 3.07. The van der Waals surface area contributed by atoms with Gasteiger partial charge in [-0.05, 0) is 59.0 Å². The van der Waals surface area contributed by atoms with E-state index in [0.29, 0.717) is 14.7 Å². The van der Waals surface area contributed by atoms with Crippen molar-refractivity contribution in [1.82, 2.24) is 9.96 Å². The SMILES string of the molecule is COc1cc(C2C3=CCC4C(=O)N(O)C(=O)C4C3CC3(Cl)C(=O)N(CBr)C(=O)C23Cl)cc(I)c1O. The zero-order chi connectivity index (χ0) is 25.6. The van der Waals surface area contributed by atoms with Crippen molar-refractivity contribution in [2.24, 2.45) is 17.8 Å². The molecule has 2 saturated heterocycles. The highest BCUT2D eigenvalue weighted by Gasteiger charge is 2.76. The molecule has 6 atom stereocenters. The molecule has 2 N–H and O–H groups in total. The molecule has 4 amide bonds. The molecule has 2 heterocycles. The highest BCUT2D eigenvalue weighted by atomic mass is 127. The molecule has 2 aliphatic heterocycles. The van der Waals surface area contributed by atoms with Crippen LogP contribution in [0.15, 0.2) is 23.8 Å². The number of fused-ring (bicyclic) bond motifs is 4. The van der Waals surface area contributed by atoms with Gasteiger partial charge in [0.05, 0.1) is 28.0 Å². The van der Waals surface area contributed by atoms with E-state index in [2.05, 4.69) is 15.9 Å². The molecule has 3 fully saturated rings. The summed E-state index contributed by atoms with van der Waals surface area (Å²) in [5.41, 5.74) is 0.901. The van der Waals surface area contributed by atoms with Gasteiger partial charge in [0.15, 0.2) is 21.2 Å². The van der Waals surface area contributed by atoms with Crippen LogP contribution in [0.3, 0.4) is 0 Å². The molecule has 1 saturated carbocycles. The normalized spacial score (nSPS) is 36.2. The Balaban J connectivity index is 1.78. The lowest BCUT2D eigenvalue weighted by Gasteiger charge is -2.50. The van der Waals surface area contributed by atoms with Crippen LogP contribution in [0.2, 0.25) is 0 Å². The monoisotopic (exact) mass is 698 g/mol. The van der Waals surface area contributed by atoms with Gasteiger partial charge in [0.1, 0.15) is 0 Å². The molecule has 9 nitrogen and oxygen atoms in total. The maximum atomic E-state index is 13.6. The molecule has 6 unspecified atom stereocenters. The molecule has 0 radical (unpaired) electrons. The first-order valence-electron chi connectivity index (χ1n) is 10.6. The molecular weight excluding hydrogens is 682 g/mol. The Kier molecular flexibility index (Phi) is 5.99. The van der Waals surface area contributed by atoms with Crippen LogP contribution < -0.4 is 4.74 Å². The number of nitrogens with zero attached hydrogens (tertiary/aromatic N) is 2. The molecule has 0 bridgehead atoms. The number of rotatable bonds is 3. The molecule has 0 aromatic heterocycles. The van der Waals surface area contributed by atoms with Crippen molar-refractivity contribution < 1.29 is 34.2 Å². The molecule has 4 aliphatic rings. The number of carbonyl (C=O) groups excluding carboxylic acids is 4. The van der Waals surface area contributed by atoms with E-state index in [-0.39, 0.29) is 34.9 Å². The largest absolute Gasteiger partial charge is 0.504 e. The highest BCUT2D eigenvalue weighted by Crippen LogP contribution is 2.65. The van der Waals surface area contributed by atoms with Crippen LogP contribution in [-0.4, -0.2) is 66.2 Å². The Labute approximate surface area is 231 Å². The van der Waals surface area contributed by atoms with E-state index in [0.717, 1.165) is 4.90 Å². The summed E-state index contributed by atoms with van der Waals surface area (Å²) in [6.45, 7) is 0. The Morgan fingerprint density at radius 1 is 1.17 bits per heavy atom. The molecule has 35 heavy (non-hydrogen) atoms. The molecule has 186 valence electrons. The second-order valence-corrected chi connectivity index (χ2v) is 11.9. The van der Waals surface area contributed by atoms with Crippen molar-refractivity contribution in [3.63, 3.8) is 0 Å². The zero-order valence-electron chi connectivity index (χ0n) is 18.0. The van der Waals surface area contributed by atoms with Crippen LogP contribution in [0.5, 0.6) is 11.5 Å². The zero-order valence-corrected chi connectivity index (χ0v) is 23.3. The summed E-state index contributed by atoms with van der Waals surface area (Å²) >= 11 is 19.2. The van der Waals surface area contributed by atoms with Gasteiger partial charge in [0.2, 0.25) is 0 Å². The number of halogens is 4. The van der Waals surface area contributed by atoms with Gasteiger partial charge in [-0.25, -0.2) is 0 Å². The second kappa shape index (κ2) is 8.30. The smallest absolute Gasteiger partial charge is 0.257 e. The first-order chi connectivity index (χ1) is 16.4.